The molecule has 0 aromatic carbocycles. The average Bonchev–Trinajstić information content (AvgIpc) is 2.97. The second-order valence-corrected chi connectivity index (χ2v) is 5.28. The lowest BCUT2D eigenvalue weighted by atomic mass is 10.3. The van der Waals surface area contributed by atoms with Crippen molar-refractivity contribution in [3.63, 3.8) is 0 Å². The zero-order valence-corrected chi connectivity index (χ0v) is 11.3. The Hall–Kier alpha value is -1.84. The smallest absolute Gasteiger partial charge is 0.324 e. The summed E-state index contributed by atoms with van der Waals surface area (Å²) < 4.78 is 5.07. The highest BCUT2D eigenvalue weighted by molar-refractivity contribution is 7.18. The molecule has 19 heavy (non-hydrogen) atoms. The maximum Gasteiger partial charge on any atom is 0.324 e. The summed E-state index contributed by atoms with van der Waals surface area (Å²) in [6.07, 6.45) is 0. The van der Waals surface area contributed by atoms with E-state index < -0.39 is 4.92 Å². The molecule has 2 aromatic rings. The minimum absolute atomic E-state index is 0.0346. The first-order chi connectivity index (χ1) is 8.97. The predicted octanol–water partition coefficient (Wildman–Crippen LogP) is 1.27. The van der Waals surface area contributed by atoms with E-state index in [0.717, 1.165) is 11.3 Å². The van der Waals surface area contributed by atoms with E-state index in [0.29, 0.717) is 17.2 Å². The van der Waals surface area contributed by atoms with Crippen molar-refractivity contribution in [2.24, 2.45) is 5.73 Å². The van der Waals surface area contributed by atoms with Gasteiger partial charge in [0.1, 0.15) is 0 Å². The highest BCUT2D eigenvalue weighted by Gasteiger charge is 2.19. The van der Waals surface area contributed by atoms with E-state index in [4.69, 9.17) is 10.3 Å². The van der Waals surface area contributed by atoms with Gasteiger partial charge in [-0.25, -0.2) is 0 Å². The van der Waals surface area contributed by atoms with Gasteiger partial charge >= 0.3 is 5.00 Å². The van der Waals surface area contributed by atoms with E-state index in [-0.39, 0.29) is 16.9 Å². The quantitative estimate of drug-likeness (QED) is 0.649. The Kier molecular flexibility index (Phi) is 3.88. The van der Waals surface area contributed by atoms with Crippen molar-refractivity contribution >= 4 is 16.3 Å². The Morgan fingerprint density at radius 2 is 2.32 bits per heavy atom. The zero-order chi connectivity index (χ0) is 14.0. The number of likely N-dealkylation sites (N-methyl/N-ethyl adjacent to an activating group) is 1. The molecule has 0 aliphatic rings. The van der Waals surface area contributed by atoms with Crippen molar-refractivity contribution in [3.8, 4) is 10.8 Å². The third-order valence-electron chi connectivity index (χ3n) is 2.32. The summed E-state index contributed by atoms with van der Waals surface area (Å²) in [6.45, 7) is 0.587. The van der Waals surface area contributed by atoms with Crippen LogP contribution in [0.1, 0.15) is 11.9 Å². The van der Waals surface area contributed by atoms with E-state index in [9.17, 15) is 10.1 Å². The zero-order valence-electron chi connectivity index (χ0n) is 10.4. The summed E-state index contributed by atoms with van der Waals surface area (Å²) in [4.78, 5) is 16.8. The molecular weight excluding hydrogens is 270 g/mol. The van der Waals surface area contributed by atoms with Gasteiger partial charge in [0.2, 0.25) is 0 Å². The Labute approximate surface area is 113 Å². The first-order valence-corrected chi connectivity index (χ1v) is 6.27. The second-order valence-electron chi connectivity index (χ2n) is 4.22. The van der Waals surface area contributed by atoms with Gasteiger partial charge in [-0.2, -0.15) is 4.98 Å². The third kappa shape index (κ3) is 3.13. The summed E-state index contributed by atoms with van der Waals surface area (Å²) in [5.41, 5.74) is 5.91. The molecule has 0 spiro atoms. The van der Waals surface area contributed by atoms with Gasteiger partial charge in [-0.05, 0) is 20.2 Å². The monoisotopic (exact) mass is 283 g/mol. The molecule has 2 rings (SSSR count). The molecule has 0 amide bonds. The first-order valence-electron chi connectivity index (χ1n) is 5.46. The van der Waals surface area contributed by atoms with Crippen LogP contribution < -0.4 is 5.73 Å². The molecule has 0 saturated heterocycles. The van der Waals surface area contributed by atoms with Crippen LogP contribution in [0.5, 0.6) is 0 Å². The fourth-order valence-electron chi connectivity index (χ4n) is 1.50. The maximum absolute atomic E-state index is 10.6. The van der Waals surface area contributed by atoms with E-state index in [1.54, 1.807) is 6.07 Å². The van der Waals surface area contributed by atoms with Crippen molar-refractivity contribution in [2.45, 2.75) is 6.04 Å². The number of nitro groups is 1. The molecule has 102 valence electrons. The Bertz CT molecular complexity index is 579. The van der Waals surface area contributed by atoms with E-state index in [2.05, 4.69) is 10.1 Å². The van der Waals surface area contributed by atoms with Crippen LogP contribution >= 0.6 is 11.3 Å². The van der Waals surface area contributed by atoms with Gasteiger partial charge in [0.15, 0.2) is 5.82 Å². The summed E-state index contributed by atoms with van der Waals surface area (Å²) in [7, 11) is 3.78. The number of hydrogen-bond acceptors (Lipinski definition) is 8. The van der Waals surface area contributed by atoms with Crippen LogP contribution in [0.2, 0.25) is 0 Å². The second kappa shape index (κ2) is 5.43. The molecule has 0 aliphatic heterocycles. The highest BCUT2D eigenvalue weighted by Crippen LogP contribution is 2.31. The van der Waals surface area contributed by atoms with Gasteiger partial charge in [0.05, 0.1) is 15.8 Å². The molecule has 2 heterocycles. The maximum atomic E-state index is 10.6. The van der Waals surface area contributed by atoms with E-state index in [1.807, 2.05) is 19.0 Å². The SMILES string of the molecule is CN(C)CC(N)c1noc(-c2ccc([N+](=O)[O-])s2)n1. The van der Waals surface area contributed by atoms with E-state index >= 15 is 0 Å². The Balaban J connectivity index is 2.18. The van der Waals surface area contributed by atoms with Crippen molar-refractivity contribution in [1.29, 1.82) is 0 Å². The lowest BCUT2D eigenvalue weighted by Gasteiger charge is -2.12. The highest BCUT2D eigenvalue weighted by atomic mass is 32.1. The molecule has 0 aliphatic carbocycles. The van der Waals surface area contributed by atoms with Crippen LogP contribution in [-0.4, -0.2) is 40.6 Å². The van der Waals surface area contributed by atoms with Crippen LogP contribution in [0.4, 0.5) is 5.00 Å². The summed E-state index contributed by atoms with van der Waals surface area (Å²) in [5.74, 6) is 0.641. The van der Waals surface area contributed by atoms with Crippen LogP contribution in [0.25, 0.3) is 10.8 Å². The number of thiophene rings is 1. The fraction of sp³-hybridized carbons (Fsp3) is 0.400. The Morgan fingerprint density at radius 3 is 2.89 bits per heavy atom. The van der Waals surface area contributed by atoms with Crippen LogP contribution in [0.3, 0.4) is 0 Å². The van der Waals surface area contributed by atoms with Crippen molar-refractivity contribution < 1.29 is 9.45 Å². The van der Waals surface area contributed by atoms with Crippen molar-refractivity contribution in [2.75, 3.05) is 20.6 Å². The number of rotatable bonds is 5. The lowest BCUT2D eigenvalue weighted by Crippen LogP contribution is -2.26. The lowest BCUT2D eigenvalue weighted by molar-refractivity contribution is -0.380. The summed E-state index contributed by atoms with van der Waals surface area (Å²) >= 11 is 0.986. The van der Waals surface area contributed by atoms with Crippen LogP contribution in [0.15, 0.2) is 16.7 Å². The van der Waals surface area contributed by atoms with Gasteiger partial charge in [0.25, 0.3) is 5.89 Å². The molecule has 2 aromatic heterocycles. The topological polar surface area (TPSA) is 111 Å². The van der Waals surface area contributed by atoms with Crippen LogP contribution in [-0.2, 0) is 0 Å². The molecule has 0 bridgehead atoms. The largest absolute Gasteiger partial charge is 0.333 e. The molecule has 9 heteroatoms. The van der Waals surface area contributed by atoms with E-state index in [1.165, 1.54) is 6.07 Å². The first kappa shape index (κ1) is 13.6. The standard InChI is InChI=1S/C10H13N5O3S/c1-14(2)5-6(11)9-12-10(18-13-9)7-3-4-8(19-7)15(16)17/h3-4,6H,5,11H2,1-2H3. The molecular formula is C10H13N5O3S. The van der Waals surface area contributed by atoms with Gasteiger partial charge in [-0.3, -0.25) is 10.1 Å². The van der Waals surface area contributed by atoms with Crippen molar-refractivity contribution in [1.82, 2.24) is 15.0 Å². The van der Waals surface area contributed by atoms with Gasteiger partial charge in [-0.1, -0.05) is 16.5 Å². The fourth-order valence-corrected chi connectivity index (χ4v) is 2.24. The van der Waals surface area contributed by atoms with Crippen molar-refractivity contribution in [3.05, 3.63) is 28.1 Å². The number of aromatic nitrogens is 2. The average molecular weight is 283 g/mol. The molecule has 8 nitrogen and oxygen atoms in total. The molecule has 0 saturated carbocycles. The molecule has 0 radical (unpaired) electrons. The Morgan fingerprint density at radius 1 is 1.58 bits per heavy atom. The minimum Gasteiger partial charge on any atom is -0.333 e. The third-order valence-corrected chi connectivity index (χ3v) is 3.34. The predicted molar refractivity (Wildman–Crippen MR) is 69.7 cm³/mol. The normalized spacial score (nSPS) is 12.8. The van der Waals surface area contributed by atoms with Crippen LogP contribution in [0, 0.1) is 10.1 Å². The van der Waals surface area contributed by atoms with Gasteiger partial charge in [-0.15, -0.1) is 0 Å². The summed E-state index contributed by atoms with van der Waals surface area (Å²) in [5, 5.41) is 14.4. The number of nitrogens with two attached hydrogens (primary N) is 1. The molecule has 1 atom stereocenters. The number of hydrogen-bond donors (Lipinski definition) is 1. The molecule has 0 fully saturated rings. The number of nitrogens with zero attached hydrogens (tertiary/aromatic N) is 4. The van der Waals surface area contributed by atoms with Gasteiger partial charge < -0.3 is 15.2 Å². The molecule has 1 unspecified atom stereocenters. The minimum atomic E-state index is -0.455. The van der Waals surface area contributed by atoms with Gasteiger partial charge in [0, 0.05) is 12.6 Å². The summed E-state index contributed by atoms with van der Waals surface area (Å²) in [6, 6.07) is 2.63. The molecule has 2 N–H and O–H groups in total.